The van der Waals surface area contributed by atoms with Crippen molar-refractivity contribution in [2.75, 3.05) is 26.2 Å². The number of hydrogen-bond donors (Lipinski definition) is 0. The monoisotopic (exact) mass is 344 g/mol. The van der Waals surface area contributed by atoms with Gasteiger partial charge in [-0.15, -0.1) is 0 Å². The Balaban J connectivity index is 1.53. The van der Waals surface area contributed by atoms with Crippen molar-refractivity contribution in [3.05, 3.63) is 52.2 Å². The van der Waals surface area contributed by atoms with Crippen LogP contribution in [0.1, 0.15) is 29.8 Å². The fourth-order valence-corrected chi connectivity index (χ4v) is 3.54. The fraction of sp³-hybridized carbons (Fsp3) is 0.421. The zero-order chi connectivity index (χ0) is 16.9. The van der Waals surface area contributed by atoms with E-state index in [-0.39, 0.29) is 12.0 Å². The van der Waals surface area contributed by atoms with Crippen molar-refractivity contribution in [1.82, 2.24) is 9.80 Å². The van der Waals surface area contributed by atoms with Gasteiger partial charge in [-0.1, -0.05) is 0 Å². The molecule has 0 spiro atoms. The SMILES string of the molecule is CC(C)Oc1ccc(C(=O)N2CCN(Cc3ccsc3)CC2)cc1. The summed E-state index contributed by atoms with van der Waals surface area (Å²) in [5, 5.41) is 4.31. The molecule has 128 valence electrons. The molecule has 2 heterocycles. The molecule has 1 aliphatic rings. The summed E-state index contributed by atoms with van der Waals surface area (Å²) in [7, 11) is 0. The van der Waals surface area contributed by atoms with Gasteiger partial charge < -0.3 is 9.64 Å². The van der Waals surface area contributed by atoms with E-state index in [9.17, 15) is 4.79 Å². The van der Waals surface area contributed by atoms with Crippen molar-refractivity contribution >= 4 is 17.2 Å². The number of carbonyl (C=O) groups is 1. The molecule has 2 aromatic rings. The maximum atomic E-state index is 12.6. The first-order valence-corrected chi connectivity index (χ1v) is 9.35. The second kappa shape index (κ2) is 7.81. The Morgan fingerprint density at radius 1 is 1.12 bits per heavy atom. The smallest absolute Gasteiger partial charge is 0.253 e. The molecular weight excluding hydrogens is 320 g/mol. The number of carbonyl (C=O) groups excluding carboxylic acids is 1. The molecule has 24 heavy (non-hydrogen) atoms. The molecular formula is C19H24N2O2S. The van der Waals surface area contributed by atoms with Gasteiger partial charge in [0.25, 0.3) is 5.91 Å². The summed E-state index contributed by atoms with van der Waals surface area (Å²) in [6.07, 6.45) is 0.142. The van der Waals surface area contributed by atoms with Gasteiger partial charge in [-0.3, -0.25) is 9.69 Å². The summed E-state index contributed by atoms with van der Waals surface area (Å²) < 4.78 is 5.63. The molecule has 1 aromatic carbocycles. The molecule has 1 amide bonds. The first kappa shape index (κ1) is 17.0. The van der Waals surface area contributed by atoms with Gasteiger partial charge >= 0.3 is 0 Å². The van der Waals surface area contributed by atoms with Crippen LogP contribution in [0, 0.1) is 0 Å². The van der Waals surface area contributed by atoms with Crippen molar-refractivity contribution in [2.24, 2.45) is 0 Å². The van der Waals surface area contributed by atoms with Crippen LogP contribution in [0.4, 0.5) is 0 Å². The van der Waals surface area contributed by atoms with E-state index in [1.807, 2.05) is 43.0 Å². The highest BCUT2D eigenvalue weighted by molar-refractivity contribution is 7.07. The largest absolute Gasteiger partial charge is 0.491 e. The summed E-state index contributed by atoms with van der Waals surface area (Å²) in [6.45, 7) is 8.39. The Morgan fingerprint density at radius 3 is 2.42 bits per heavy atom. The zero-order valence-electron chi connectivity index (χ0n) is 14.3. The van der Waals surface area contributed by atoms with Crippen molar-refractivity contribution in [2.45, 2.75) is 26.5 Å². The lowest BCUT2D eigenvalue weighted by molar-refractivity contribution is 0.0628. The van der Waals surface area contributed by atoms with Gasteiger partial charge in [0.2, 0.25) is 0 Å². The minimum absolute atomic E-state index is 0.112. The van der Waals surface area contributed by atoms with Crippen molar-refractivity contribution in [3.63, 3.8) is 0 Å². The molecule has 3 rings (SSSR count). The molecule has 0 atom stereocenters. The number of hydrogen-bond acceptors (Lipinski definition) is 4. The third kappa shape index (κ3) is 4.36. The fourth-order valence-electron chi connectivity index (χ4n) is 2.88. The number of piperazine rings is 1. The summed E-state index contributed by atoms with van der Waals surface area (Å²) in [6, 6.07) is 9.64. The second-order valence-electron chi connectivity index (χ2n) is 6.39. The Hall–Kier alpha value is -1.85. The number of ether oxygens (including phenoxy) is 1. The number of amides is 1. The molecule has 1 fully saturated rings. The predicted molar refractivity (Wildman–Crippen MR) is 97.7 cm³/mol. The van der Waals surface area contributed by atoms with Crippen molar-refractivity contribution < 1.29 is 9.53 Å². The van der Waals surface area contributed by atoms with Crippen molar-refractivity contribution in [3.8, 4) is 5.75 Å². The molecule has 5 heteroatoms. The Labute approximate surface area is 147 Å². The third-order valence-electron chi connectivity index (χ3n) is 4.12. The summed E-state index contributed by atoms with van der Waals surface area (Å²) in [5.74, 6) is 0.920. The molecule has 1 aromatic heterocycles. The van der Waals surface area contributed by atoms with E-state index in [2.05, 4.69) is 21.7 Å². The highest BCUT2D eigenvalue weighted by Crippen LogP contribution is 2.17. The van der Waals surface area contributed by atoms with Crippen LogP contribution in [0.3, 0.4) is 0 Å². The molecule has 0 bridgehead atoms. The number of thiophene rings is 1. The summed E-state index contributed by atoms with van der Waals surface area (Å²) in [4.78, 5) is 17.0. The van der Waals surface area contributed by atoms with E-state index < -0.39 is 0 Å². The van der Waals surface area contributed by atoms with Crippen LogP contribution in [0.2, 0.25) is 0 Å². The van der Waals surface area contributed by atoms with Gasteiger partial charge in [0.15, 0.2) is 0 Å². The molecule has 1 saturated heterocycles. The Bertz CT molecular complexity index is 645. The first-order chi connectivity index (χ1) is 11.6. The van der Waals surface area contributed by atoms with Gasteiger partial charge in [-0.25, -0.2) is 0 Å². The highest BCUT2D eigenvalue weighted by atomic mass is 32.1. The van der Waals surface area contributed by atoms with Gasteiger partial charge in [0.05, 0.1) is 6.10 Å². The van der Waals surface area contributed by atoms with Crippen molar-refractivity contribution in [1.29, 1.82) is 0 Å². The third-order valence-corrected chi connectivity index (χ3v) is 4.85. The average molecular weight is 344 g/mol. The second-order valence-corrected chi connectivity index (χ2v) is 7.17. The lowest BCUT2D eigenvalue weighted by atomic mass is 10.1. The Morgan fingerprint density at radius 2 is 1.83 bits per heavy atom. The van der Waals surface area contributed by atoms with Crippen LogP contribution in [0.25, 0.3) is 0 Å². The minimum atomic E-state index is 0.112. The van der Waals surface area contributed by atoms with E-state index in [1.54, 1.807) is 11.3 Å². The molecule has 1 aliphatic heterocycles. The van der Waals surface area contributed by atoms with E-state index in [1.165, 1.54) is 5.56 Å². The normalized spacial score (nSPS) is 15.7. The van der Waals surface area contributed by atoms with Crippen LogP contribution < -0.4 is 4.74 Å². The average Bonchev–Trinajstić information content (AvgIpc) is 3.08. The van der Waals surface area contributed by atoms with E-state index in [0.29, 0.717) is 0 Å². The predicted octanol–water partition coefficient (Wildman–Crippen LogP) is 3.49. The number of nitrogens with zero attached hydrogens (tertiary/aromatic N) is 2. The standard InChI is InChI=1S/C19H24N2O2S/c1-15(2)23-18-5-3-17(4-6-18)19(22)21-10-8-20(9-11-21)13-16-7-12-24-14-16/h3-7,12,14-15H,8-11,13H2,1-2H3. The maximum absolute atomic E-state index is 12.6. The van der Waals surface area contributed by atoms with Crippen LogP contribution in [0.15, 0.2) is 41.1 Å². The Kier molecular flexibility index (Phi) is 5.53. The lowest BCUT2D eigenvalue weighted by Crippen LogP contribution is -2.48. The van der Waals surface area contributed by atoms with Gasteiger partial charge in [0, 0.05) is 38.3 Å². The van der Waals surface area contributed by atoms with Gasteiger partial charge in [0.1, 0.15) is 5.75 Å². The van der Waals surface area contributed by atoms with Crippen LogP contribution in [-0.4, -0.2) is 48.0 Å². The van der Waals surface area contributed by atoms with Gasteiger partial charge in [-0.05, 0) is 60.5 Å². The molecule has 4 nitrogen and oxygen atoms in total. The molecule has 0 N–H and O–H groups in total. The number of rotatable bonds is 5. The zero-order valence-corrected chi connectivity index (χ0v) is 15.1. The lowest BCUT2D eigenvalue weighted by Gasteiger charge is -2.34. The minimum Gasteiger partial charge on any atom is -0.491 e. The summed E-state index contributed by atoms with van der Waals surface area (Å²) in [5.41, 5.74) is 2.10. The topological polar surface area (TPSA) is 32.8 Å². The quantitative estimate of drug-likeness (QED) is 0.832. The summed E-state index contributed by atoms with van der Waals surface area (Å²) >= 11 is 1.73. The molecule has 0 saturated carbocycles. The van der Waals surface area contributed by atoms with Crippen LogP contribution in [-0.2, 0) is 6.54 Å². The molecule has 0 unspecified atom stereocenters. The number of benzene rings is 1. The molecule has 0 aliphatic carbocycles. The van der Waals surface area contributed by atoms with Crippen LogP contribution in [0.5, 0.6) is 5.75 Å². The van der Waals surface area contributed by atoms with E-state index in [0.717, 1.165) is 44.0 Å². The van der Waals surface area contributed by atoms with Gasteiger partial charge in [-0.2, -0.15) is 11.3 Å². The van der Waals surface area contributed by atoms with Crippen LogP contribution >= 0.6 is 11.3 Å². The van der Waals surface area contributed by atoms with E-state index >= 15 is 0 Å². The first-order valence-electron chi connectivity index (χ1n) is 8.41. The van der Waals surface area contributed by atoms with E-state index in [4.69, 9.17) is 4.74 Å². The molecule has 0 radical (unpaired) electrons. The highest BCUT2D eigenvalue weighted by Gasteiger charge is 2.22. The maximum Gasteiger partial charge on any atom is 0.253 e.